The maximum absolute atomic E-state index is 11.8. The van der Waals surface area contributed by atoms with Gasteiger partial charge in [-0.1, -0.05) is 60.7 Å². The van der Waals surface area contributed by atoms with Crippen molar-refractivity contribution in [1.29, 1.82) is 0 Å². The van der Waals surface area contributed by atoms with Gasteiger partial charge in [-0.15, -0.1) is 0 Å². The summed E-state index contributed by atoms with van der Waals surface area (Å²) in [6.45, 7) is 2.66. The van der Waals surface area contributed by atoms with Crippen LogP contribution in [0.25, 0.3) is 33.7 Å². The SMILES string of the molecule is O=C1NCCN1CCNc1nc(-c2ccccc2)nc2[nH]c(-c3ccccc3)cc12. The molecular formula is C23H22N6O. The number of hydrogen-bond donors (Lipinski definition) is 3. The second-order valence-corrected chi connectivity index (χ2v) is 7.22. The molecule has 5 rings (SSSR count). The molecule has 4 aromatic rings. The van der Waals surface area contributed by atoms with Crippen LogP contribution in [0.2, 0.25) is 0 Å². The average Bonchev–Trinajstić information content (AvgIpc) is 3.41. The summed E-state index contributed by atoms with van der Waals surface area (Å²) in [7, 11) is 0. The molecule has 7 heteroatoms. The third kappa shape index (κ3) is 3.57. The average molecular weight is 398 g/mol. The fraction of sp³-hybridized carbons (Fsp3) is 0.174. The highest BCUT2D eigenvalue weighted by Gasteiger charge is 2.19. The number of H-pyrrole nitrogens is 1. The third-order valence-corrected chi connectivity index (χ3v) is 5.22. The van der Waals surface area contributed by atoms with Gasteiger partial charge in [0, 0.05) is 37.4 Å². The van der Waals surface area contributed by atoms with E-state index < -0.39 is 0 Å². The van der Waals surface area contributed by atoms with Gasteiger partial charge < -0.3 is 20.5 Å². The fourth-order valence-corrected chi connectivity index (χ4v) is 3.67. The van der Waals surface area contributed by atoms with Gasteiger partial charge in [-0.3, -0.25) is 0 Å². The van der Waals surface area contributed by atoms with Crippen molar-refractivity contribution in [3.05, 3.63) is 66.7 Å². The first-order valence-corrected chi connectivity index (χ1v) is 10.1. The summed E-state index contributed by atoms with van der Waals surface area (Å²) in [5.74, 6) is 1.42. The second-order valence-electron chi connectivity index (χ2n) is 7.22. The molecular weight excluding hydrogens is 376 g/mol. The molecule has 0 bridgehead atoms. The molecule has 2 amide bonds. The quantitative estimate of drug-likeness (QED) is 0.462. The van der Waals surface area contributed by atoms with E-state index in [-0.39, 0.29) is 6.03 Å². The van der Waals surface area contributed by atoms with Crippen molar-refractivity contribution >= 4 is 22.9 Å². The molecule has 2 aromatic carbocycles. The molecule has 0 atom stereocenters. The molecule has 3 N–H and O–H groups in total. The molecule has 0 spiro atoms. The number of benzene rings is 2. The van der Waals surface area contributed by atoms with E-state index >= 15 is 0 Å². The Morgan fingerprint density at radius 3 is 2.40 bits per heavy atom. The van der Waals surface area contributed by atoms with Crippen LogP contribution >= 0.6 is 0 Å². The highest BCUT2D eigenvalue weighted by molar-refractivity contribution is 5.93. The molecule has 0 aliphatic carbocycles. The number of nitrogens with zero attached hydrogens (tertiary/aromatic N) is 3. The molecule has 1 saturated heterocycles. The summed E-state index contributed by atoms with van der Waals surface area (Å²) in [4.78, 5) is 26.6. The van der Waals surface area contributed by atoms with Gasteiger partial charge in [-0.05, 0) is 11.6 Å². The van der Waals surface area contributed by atoms with E-state index in [0.717, 1.165) is 40.2 Å². The summed E-state index contributed by atoms with van der Waals surface area (Å²) >= 11 is 0. The van der Waals surface area contributed by atoms with Crippen LogP contribution in [0.5, 0.6) is 0 Å². The fourth-order valence-electron chi connectivity index (χ4n) is 3.67. The van der Waals surface area contributed by atoms with Crippen LogP contribution < -0.4 is 10.6 Å². The predicted molar refractivity (Wildman–Crippen MR) is 118 cm³/mol. The topological polar surface area (TPSA) is 85.9 Å². The van der Waals surface area contributed by atoms with Crippen LogP contribution in [0, 0.1) is 0 Å². The second kappa shape index (κ2) is 7.87. The largest absolute Gasteiger partial charge is 0.368 e. The van der Waals surface area contributed by atoms with Gasteiger partial charge in [-0.2, -0.15) is 0 Å². The molecule has 2 aromatic heterocycles. The normalized spacial score (nSPS) is 13.6. The number of fused-ring (bicyclic) bond motifs is 1. The van der Waals surface area contributed by atoms with Crippen LogP contribution in [0.3, 0.4) is 0 Å². The Kier molecular flexibility index (Phi) is 4.77. The van der Waals surface area contributed by atoms with Crippen molar-refractivity contribution in [1.82, 2.24) is 25.2 Å². The highest BCUT2D eigenvalue weighted by Crippen LogP contribution is 2.29. The molecule has 30 heavy (non-hydrogen) atoms. The first-order valence-electron chi connectivity index (χ1n) is 10.1. The maximum atomic E-state index is 11.8. The maximum Gasteiger partial charge on any atom is 0.317 e. The number of aromatic nitrogens is 3. The molecule has 0 saturated carbocycles. The summed E-state index contributed by atoms with van der Waals surface area (Å²) < 4.78 is 0. The molecule has 0 radical (unpaired) electrons. The predicted octanol–water partition coefficient (Wildman–Crippen LogP) is 3.73. The lowest BCUT2D eigenvalue weighted by Gasteiger charge is -2.15. The van der Waals surface area contributed by atoms with Crippen LogP contribution in [0.15, 0.2) is 66.7 Å². The zero-order chi connectivity index (χ0) is 20.3. The van der Waals surface area contributed by atoms with Crippen molar-refractivity contribution in [3.8, 4) is 22.6 Å². The van der Waals surface area contributed by atoms with Gasteiger partial charge >= 0.3 is 6.03 Å². The summed E-state index contributed by atoms with van der Waals surface area (Å²) in [5, 5.41) is 7.18. The minimum Gasteiger partial charge on any atom is -0.368 e. The number of carbonyl (C=O) groups excluding carboxylic acids is 1. The Morgan fingerprint density at radius 2 is 1.70 bits per heavy atom. The number of urea groups is 1. The number of hydrogen-bond acceptors (Lipinski definition) is 4. The van der Waals surface area contributed by atoms with Gasteiger partial charge in [0.25, 0.3) is 0 Å². The number of aromatic amines is 1. The molecule has 1 fully saturated rings. The van der Waals surface area contributed by atoms with Crippen molar-refractivity contribution in [2.24, 2.45) is 0 Å². The summed E-state index contributed by atoms with van der Waals surface area (Å²) in [6.07, 6.45) is 0. The van der Waals surface area contributed by atoms with Crippen molar-refractivity contribution in [3.63, 3.8) is 0 Å². The van der Waals surface area contributed by atoms with E-state index in [1.54, 1.807) is 4.90 Å². The molecule has 3 heterocycles. The van der Waals surface area contributed by atoms with Crippen molar-refractivity contribution in [2.75, 3.05) is 31.5 Å². The zero-order valence-electron chi connectivity index (χ0n) is 16.4. The smallest absolute Gasteiger partial charge is 0.317 e. The van der Waals surface area contributed by atoms with Crippen LogP contribution in [0.4, 0.5) is 10.6 Å². The minimum atomic E-state index is -0.0115. The van der Waals surface area contributed by atoms with Crippen molar-refractivity contribution in [2.45, 2.75) is 0 Å². The Morgan fingerprint density at radius 1 is 0.967 bits per heavy atom. The van der Waals surface area contributed by atoms with Gasteiger partial charge in [0.1, 0.15) is 11.5 Å². The number of anilines is 1. The van der Waals surface area contributed by atoms with Crippen LogP contribution in [-0.4, -0.2) is 52.1 Å². The Labute approximate surface area is 174 Å². The standard InChI is InChI=1S/C23H22N6O/c30-23-25-12-14-29(23)13-11-24-21-18-15-19(16-7-3-1-4-8-16)26-22(18)28-20(27-21)17-9-5-2-6-10-17/h1-10,15H,11-14H2,(H,25,30)(H2,24,26,27,28). The monoisotopic (exact) mass is 398 g/mol. The Hall–Kier alpha value is -3.87. The molecule has 0 unspecified atom stereocenters. The van der Waals surface area contributed by atoms with Gasteiger partial charge in [0.15, 0.2) is 5.82 Å². The first-order chi connectivity index (χ1) is 14.8. The number of rotatable bonds is 6. The molecule has 150 valence electrons. The number of nitrogens with one attached hydrogen (secondary N) is 3. The van der Waals surface area contributed by atoms with Gasteiger partial charge in [-0.25, -0.2) is 14.8 Å². The first kappa shape index (κ1) is 18.2. The van der Waals surface area contributed by atoms with E-state index in [2.05, 4.69) is 33.8 Å². The minimum absolute atomic E-state index is 0.0115. The third-order valence-electron chi connectivity index (χ3n) is 5.22. The summed E-state index contributed by atoms with van der Waals surface area (Å²) in [5.41, 5.74) is 3.82. The molecule has 1 aliphatic rings. The van der Waals surface area contributed by atoms with Gasteiger partial charge in [0.05, 0.1) is 5.39 Å². The van der Waals surface area contributed by atoms with E-state index in [0.29, 0.717) is 25.5 Å². The lowest BCUT2D eigenvalue weighted by atomic mass is 10.1. The van der Waals surface area contributed by atoms with Crippen LogP contribution in [0.1, 0.15) is 0 Å². The van der Waals surface area contributed by atoms with E-state index in [9.17, 15) is 4.79 Å². The Bertz CT molecular complexity index is 1170. The Balaban J connectivity index is 1.50. The molecule has 7 nitrogen and oxygen atoms in total. The highest BCUT2D eigenvalue weighted by atomic mass is 16.2. The van der Waals surface area contributed by atoms with Crippen molar-refractivity contribution < 1.29 is 4.79 Å². The number of carbonyl (C=O) groups is 1. The summed E-state index contributed by atoms with van der Waals surface area (Å²) in [6, 6.07) is 22.2. The van der Waals surface area contributed by atoms with E-state index in [1.165, 1.54) is 0 Å². The number of amides is 2. The van der Waals surface area contributed by atoms with E-state index in [1.807, 2.05) is 48.5 Å². The van der Waals surface area contributed by atoms with E-state index in [4.69, 9.17) is 9.97 Å². The van der Waals surface area contributed by atoms with Crippen LogP contribution in [-0.2, 0) is 0 Å². The lowest BCUT2D eigenvalue weighted by molar-refractivity contribution is 0.219. The lowest BCUT2D eigenvalue weighted by Crippen LogP contribution is -2.32. The molecule has 1 aliphatic heterocycles. The van der Waals surface area contributed by atoms with Gasteiger partial charge in [0.2, 0.25) is 0 Å². The zero-order valence-corrected chi connectivity index (χ0v) is 16.4.